The van der Waals surface area contributed by atoms with E-state index < -0.39 is 0 Å². The molecule has 0 amide bonds. The Morgan fingerprint density at radius 2 is 2.09 bits per heavy atom. The Bertz CT molecular complexity index is 500. The van der Waals surface area contributed by atoms with E-state index in [0.29, 0.717) is 18.2 Å². The number of likely N-dealkylation sites (tertiary alicyclic amines) is 1. The molecule has 0 radical (unpaired) electrons. The van der Waals surface area contributed by atoms with E-state index in [-0.39, 0.29) is 0 Å². The molecule has 0 N–H and O–H groups in total. The third kappa shape index (κ3) is 2.80. The van der Waals surface area contributed by atoms with Crippen LogP contribution in [0.5, 0.6) is 0 Å². The number of hydrogen-bond acceptors (Lipinski definition) is 5. The molecule has 3 fully saturated rings. The maximum absolute atomic E-state index is 6.20. The second-order valence-electron chi connectivity index (χ2n) is 6.71. The van der Waals surface area contributed by atoms with Crippen LogP contribution in [0, 0.1) is 0 Å². The fourth-order valence-electron chi connectivity index (χ4n) is 4.23. The molecule has 6 heteroatoms. The van der Waals surface area contributed by atoms with Crippen molar-refractivity contribution >= 4 is 0 Å². The summed E-state index contributed by atoms with van der Waals surface area (Å²) in [5.74, 6) is 0. The van der Waals surface area contributed by atoms with E-state index in [2.05, 4.69) is 21.1 Å². The predicted molar refractivity (Wildman–Crippen MR) is 82.6 cm³/mol. The largest absolute Gasteiger partial charge is 0.379 e. The lowest BCUT2D eigenvalue weighted by Gasteiger charge is -2.37. The molecular formula is C16H26N4O2. The van der Waals surface area contributed by atoms with Crippen molar-refractivity contribution in [3.8, 4) is 0 Å². The molecule has 1 aromatic heterocycles. The summed E-state index contributed by atoms with van der Waals surface area (Å²) in [6.45, 7) is 6.80. The smallest absolute Gasteiger partial charge is 0.0897 e. The molecular weight excluding hydrogens is 280 g/mol. The molecule has 4 rings (SSSR count). The van der Waals surface area contributed by atoms with E-state index in [0.717, 1.165) is 46.0 Å². The first-order valence-corrected chi connectivity index (χ1v) is 8.46. The molecule has 6 nitrogen and oxygen atoms in total. The van der Waals surface area contributed by atoms with Crippen molar-refractivity contribution in [1.82, 2.24) is 19.6 Å². The van der Waals surface area contributed by atoms with E-state index in [1.165, 1.54) is 18.4 Å². The van der Waals surface area contributed by atoms with Crippen molar-refractivity contribution in [2.24, 2.45) is 7.05 Å². The fourth-order valence-corrected chi connectivity index (χ4v) is 4.23. The molecule has 0 saturated carbocycles. The Morgan fingerprint density at radius 3 is 2.86 bits per heavy atom. The van der Waals surface area contributed by atoms with Gasteiger partial charge < -0.3 is 9.47 Å². The van der Waals surface area contributed by atoms with Gasteiger partial charge >= 0.3 is 0 Å². The van der Waals surface area contributed by atoms with Gasteiger partial charge in [-0.3, -0.25) is 14.5 Å². The van der Waals surface area contributed by atoms with Gasteiger partial charge in [-0.05, 0) is 12.8 Å². The highest BCUT2D eigenvalue weighted by Gasteiger charge is 2.46. The highest BCUT2D eigenvalue weighted by Crippen LogP contribution is 2.33. The van der Waals surface area contributed by atoms with Gasteiger partial charge in [0.1, 0.15) is 0 Å². The van der Waals surface area contributed by atoms with E-state index >= 15 is 0 Å². The fraction of sp³-hybridized carbons (Fsp3) is 0.812. The SMILES string of the molecule is Cn1cc(CN2C[C@H](N3CCOCC3)[C@@H]3OCCC[C@@H]32)cn1. The topological polar surface area (TPSA) is 42.8 Å². The Balaban J connectivity index is 1.49. The maximum Gasteiger partial charge on any atom is 0.0897 e. The Morgan fingerprint density at radius 1 is 1.23 bits per heavy atom. The van der Waals surface area contributed by atoms with Gasteiger partial charge in [-0.2, -0.15) is 5.10 Å². The zero-order valence-corrected chi connectivity index (χ0v) is 13.4. The van der Waals surface area contributed by atoms with E-state index in [9.17, 15) is 0 Å². The van der Waals surface area contributed by atoms with Crippen LogP contribution in [0.4, 0.5) is 0 Å². The minimum atomic E-state index is 0.364. The van der Waals surface area contributed by atoms with Gasteiger partial charge in [-0.1, -0.05) is 0 Å². The van der Waals surface area contributed by atoms with Gasteiger partial charge in [-0.15, -0.1) is 0 Å². The van der Waals surface area contributed by atoms with Crippen LogP contribution < -0.4 is 0 Å². The van der Waals surface area contributed by atoms with Crippen molar-refractivity contribution in [3.63, 3.8) is 0 Å². The molecule has 0 bridgehead atoms. The summed E-state index contributed by atoms with van der Waals surface area (Å²) in [7, 11) is 1.98. The van der Waals surface area contributed by atoms with Crippen molar-refractivity contribution in [2.75, 3.05) is 39.5 Å². The van der Waals surface area contributed by atoms with Gasteiger partial charge in [0.25, 0.3) is 0 Å². The summed E-state index contributed by atoms with van der Waals surface area (Å²) >= 11 is 0. The highest BCUT2D eigenvalue weighted by molar-refractivity contribution is 5.08. The molecule has 3 saturated heterocycles. The number of morpholine rings is 1. The third-order valence-corrected chi connectivity index (χ3v) is 5.26. The number of hydrogen-bond donors (Lipinski definition) is 0. The number of aromatic nitrogens is 2. The van der Waals surface area contributed by atoms with Crippen LogP contribution in [0.1, 0.15) is 18.4 Å². The van der Waals surface area contributed by atoms with Crippen LogP contribution in [0.25, 0.3) is 0 Å². The molecule has 3 aliphatic rings. The Kier molecular flexibility index (Phi) is 4.17. The number of fused-ring (bicyclic) bond motifs is 1. The van der Waals surface area contributed by atoms with Crippen LogP contribution in [0.3, 0.4) is 0 Å². The van der Waals surface area contributed by atoms with Crippen LogP contribution in [0.2, 0.25) is 0 Å². The zero-order valence-electron chi connectivity index (χ0n) is 13.4. The lowest BCUT2D eigenvalue weighted by atomic mass is 10.00. The van der Waals surface area contributed by atoms with Crippen LogP contribution in [-0.2, 0) is 23.1 Å². The quantitative estimate of drug-likeness (QED) is 0.813. The maximum atomic E-state index is 6.20. The monoisotopic (exact) mass is 306 g/mol. The predicted octanol–water partition coefficient (Wildman–Crippen LogP) is 0.484. The number of aryl methyl sites for hydroxylation is 1. The van der Waals surface area contributed by atoms with Gasteiger partial charge in [0, 0.05) is 57.6 Å². The van der Waals surface area contributed by atoms with Crippen LogP contribution in [-0.4, -0.2) is 77.2 Å². The minimum absolute atomic E-state index is 0.364. The molecule has 0 aromatic carbocycles. The van der Waals surface area contributed by atoms with Crippen molar-refractivity contribution < 1.29 is 9.47 Å². The first-order chi connectivity index (χ1) is 10.8. The molecule has 3 atom stereocenters. The second-order valence-corrected chi connectivity index (χ2v) is 6.71. The lowest BCUT2D eigenvalue weighted by molar-refractivity contribution is -0.0593. The summed E-state index contributed by atoms with van der Waals surface area (Å²) < 4.78 is 13.6. The molecule has 0 unspecified atom stereocenters. The van der Waals surface area contributed by atoms with E-state index in [4.69, 9.17) is 9.47 Å². The summed E-state index contributed by atoms with van der Waals surface area (Å²) in [6.07, 6.45) is 6.91. The average molecular weight is 306 g/mol. The van der Waals surface area contributed by atoms with Crippen LogP contribution >= 0.6 is 0 Å². The van der Waals surface area contributed by atoms with Crippen LogP contribution in [0.15, 0.2) is 12.4 Å². The highest BCUT2D eigenvalue weighted by atomic mass is 16.5. The lowest BCUT2D eigenvalue weighted by Crippen LogP contribution is -2.51. The number of rotatable bonds is 3. The first-order valence-electron chi connectivity index (χ1n) is 8.46. The molecule has 1 aromatic rings. The van der Waals surface area contributed by atoms with Gasteiger partial charge in [-0.25, -0.2) is 0 Å². The summed E-state index contributed by atoms with van der Waals surface area (Å²) in [4.78, 5) is 5.19. The Labute approximate surface area is 132 Å². The van der Waals surface area contributed by atoms with Crippen molar-refractivity contribution in [3.05, 3.63) is 18.0 Å². The normalized spacial score (nSPS) is 34.0. The van der Waals surface area contributed by atoms with E-state index in [1.807, 2.05) is 17.9 Å². The molecule has 122 valence electrons. The number of ether oxygens (including phenoxy) is 2. The van der Waals surface area contributed by atoms with Crippen molar-refractivity contribution in [2.45, 2.75) is 37.6 Å². The summed E-state index contributed by atoms with van der Waals surface area (Å²) in [6, 6.07) is 1.08. The number of nitrogens with zero attached hydrogens (tertiary/aromatic N) is 4. The first kappa shape index (κ1) is 14.6. The molecule has 4 heterocycles. The van der Waals surface area contributed by atoms with Gasteiger partial charge in [0.05, 0.1) is 31.6 Å². The minimum Gasteiger partial charge on any atom is -0.379 e. The third-order valence-electron chi connectivity index (χ3n) is 5.26. The van der Waals surface area contributed by atoms with Crippen molar-refractivity contribution in [1.29, 1.82) is 0 Å². The van der Waals surface area contributed by atoms with Gasteiger partial charge in [0.2, 0.25) is 0 Å². The van der Waals surface area contributed by atoms with E-state index in [1.54, 1.807) is 0 Å². The summed E-state index contributed by atoms with van der Waals surface area (Å²) in [5.41, 5.74) is 1.30. The molecule has 22 heavy (non-hydrogen) atoms. The molecule has 0 spiro atoms. The Hall–Kier alpha value is -0.950. The second kappa shape index (κ2) is 6.28. The average Bonchev–Trinajstić information content (AvgIpc) is 3.13. The standard InChI is InChI=1S/C16H26N4O2/c1-18-10-13(9-17-18)11-20-12-15(19-4-7-21-8-5-19)16-14(20)3-2-6-22-16/h9-10,14-16H,2-8,11-12H2,1H3/t14-,15-,16+/m0/s1. The van der Waals surface area contributed by atoms with Gasteiger partial charge in [0.15, 0.2) is 0 Å². The molecule has 0 aliphatic carbocycles. The zero-order chi connectivity index (χ0) is 14.9. The summed E-state index contributed by atoms with van der Waals surface area (Å²) in [5, 5.41) is 4.30. The molecule has 3 aliphatic heterocycles.